The zero-order chi connectivity index (χ0) is 8.24. The van der Waals surface area contributed by atoms with Crippen molar-refractivity contribution in [2.24, 2.45) is 0 Å². The molecule has 11 heavy (non-hydrogen) atoms. The summed E-state index contributed by atoms with van der Waals surface area (Å²) < 4.78 is 0. The number of hydrogen-bond donors (Lipinski definition) is 2. The van der Waals surface area contributed by atoms with E-state index < -0.39 is 0 Å². The Kier molecular flexibility index (Phi) is 36.2. The van der Waals surface area contributed by atoms with Crippen molar-refractivity contribution in [2.45, 2.75) is 39.5 Å². The molecule has 3 heteroatoms. The molecule has 68 valence electrons. The summed E-state index contributed by atoms with van der Waals surface area (Å²) in [6.45, 7) is 4.79. The van der Waals surface area contributed by atoms with Crippen LogP contribution in [0.4, 0.5) is 0 Å². The van der Waals surface area contributed by atoms with Gasteiger partial charge < -0.3 is 10.2 Å². The van der Waals surface area contributed by atoms with E-state index in [1.54, 1.807) is 0 Å². The van der Waals surface area contributed by atoms with E-state index in [2.05, 4.69) is 13.8 Å². The largest absolute Gasteiger partial charge is 0.396 e. The minimum absolute atomic E-state index is 0. The number of aliphatic hydroxyl groups excluding tert-OH is 2. The Balaban J connectivity index is -0.000000107. The van der Waals surface area contributed by atoms with E-state index in [9.17, 15) is 0 Å². The summed E-state index contributed by atoms with van der Waals surface area (Å²) in [7, 11) is 0. The maximum absolute atomic E-state index is 8.07. The second-order valence-corrected chi connectivity index (χ2v) is 2.15. The molecule has 0 amide bonds. The molecule has 0 spiro atoms. The van der Waals surface area contributed by atoms with Crippen molar-refractivity contribution < 1.29 is 36.4 Å². The normalized spacial score (nSPS) is 7.64. The smallest absolute Gasteiger partial charge is 0.0430 e. The molecule has 0 radical (unpaired) electrons. The Labute approximate surface area is 89.1 Å². The van der Waals surface area contributed by atoms with Gasteiger partial charge in [-0.15, -0.1) is 0 Å². The van der Waals surface area contributed by atoms with E-state index in [-0.39, 0.29) is 26.2 Å². The van der Waals surface area contributed by atoms with Crippen molar-refractivity contribution in [3.05, 3.63) is 0 Å². The second-order valence-electron chi connectivity index (χ2n) is 2.15. The molecule has 0 saturated heterocycles. The van der Waals surface area contributed by atoms with Crippen molar-refractivity contribution in [1.82, 2.24) is 0 Å². The standard InChI is InChI=1S/2C4H10O.Zr/c2*1-2-3-4-5;/h2*5H,2-4H2,1H3;. The fourth-order valence-corrected chi connectivity index (χ4v) is 0.316. The Morgan fingerprint density at radius 2 is 1.09 bits per heavy atom. The van der Waals surface area contributed by atoms with Gasteiger partial charge >= 0.3 is 0 Å². The van der Waals surface area contributed by atoms with Gasteiger partial charge in [-0.2, -0.15) is 0 Å². The van der Waals surface area contributed by atoms with Crippen LogP contribution in [0.3, 0.4) is 0 Å². The Morgan fingerprint density at radius 3 is 1.09 bits per heavy atom. The molecule has 0 fully saturated rings. The van der Waals surface area contributed by atoms with Crippen LogP contribution in [-0.2, 0) is 26.2 Å². The summed E-state index contributed by atoms with van der Waals surface area (Å²) in [4.78, 5) is 0. The third kappa shape index (κ3) is 36.3. The van der Waals surface area contributed by atoms with Gasteiger partial charge in [-0.05, 0) is 12.8 Å². The van der Waals surface area contributed by atoms with Gasteiger partial charge in [-0.1, -0.05) is 26.7 Å². The van der Waals surface area contributed by atoms with Gasteiger partial charge in [0.1, 0.15) is 0 Å². The third-order valence-electron chi connectivity index (χ3n) is 1.02. The molecule has 2 nitrogen and oxygen atoms in total. The fraction of sp³-hybridized carbons (Fsp3) is 1.00. The van der Waals surface area contributed by atoms with E-state index in [1.165, 1.54) is 0 Å². The van der Waals surface area contributed by atoms with Crippen LogP contribution in [0, 0.1) is 0 Å². The van der Waals surface area contributed by atoms with Gasteiger partial charge in [0.05, 0.1) is 0 Å². The van der Waals surface area contributed by atoms with Gasteiger partial charge in [-0.25, -0.2) is 0 Å². The molecule has 0 aliphatic rings. The minimum atomic E-state index is 0. The number of rotatable bonds is 4. The molecular weight excluding hydrogens is 219 g/mol. The first-order valence-electron chi connectivity index (χ1n) is 4.05. The average Bonchev–Trinajstić information content (AvgIpc) is 1.93. The molecule has 0 saturated carbocycles. The molecule has 0 rings (SSSR count). The van der Waals surface area contributed by atoms with Gasteiger partial charge in [0.2, 0.25) is 0 Å². The first-order valence-corrected chi connectivity index (χ1v) is 4.05. The topological polar surface area (TPSA) is 40.5 Å². The van der Waals surface area contributed by atoms with Crippen LogP contribution in [0.15, 0.2) is 0 Å². The van der Waals surface area contributed by atoms with E-state index in [4.69, 9.17) is 10.2 Å². The molecule has 0 unspecified atom stereocenters. The van der Waals surface area contributed by atoms with E-state index >= 15 is 0 Å². The molecule has 0 aliphatic heterocycles. The zero-order valence-electron chi connectivity index (χ0n) is 7.64. The molecule has 0 bridgehead atoms. The van der Waals surface area contributed by atoms with Crippen LogP contribution in [0.2, 0.25) is 0 Å². The number of aliphatic hydroxyl groups is 2. The summed E-state index contributed by atoms with van der Waals surface area (Å²) in [5, 5.41) is 16.1. The van der Waals surface area contributed by atoms with Gasteiger partial charge in [0.25, 0.3) is 0 Å². The first-order chi connectivity index (χ1) is 4.83. The fourth-order valence-electron chi connectivity index (χ4n) is 0.316. The van der Waals surface area contributed by atoms with Crippen LogP contribution >= 0.6 is 0 Å². The first kappa shape index (κ1) is 17.8. The summed E-state index contributed by atoms with van der Waals surface area (Å²) in [5.74, 6) is 0. The van der Waals surface area contributed by atoms with E-state index in [0.717, 1.165) is 25.7 Å². The van der Waals surface area contributed by atoms with E-state index in [0.29, 0.717) is 13.2 Å². The molecule has 0 atom stereocenters. The van der Waals surface area contributed by atoms with Crippen molar-refractivity contribution in [1.29, 1.82) is 0 Å². The van der Waals surface area contributed by atoms with Crippen LogP contribution in [-0.4, -0.2) is 23.4 Å². The summed E-state index contributed by atoms with van der Waals surface area (Å²) in [6, 6.07) is 0. The molecule has 0 aromatic carbocycles. The summed E-state index contributed by atoms with van der Waals surface area (Å²) in [5.41, 5.74) is 0. The monoisotopic (exact) mass is 238 g/mol. The van der Waals surface area contributed by atoms with Gasteiger partial charge in [0, 0.05) is 39.4 Å². The molecule has 0 aromatic rings. The van der Waals surface area contributed by atoms with E-state index in [1.807, 2.05) is 0 Å². The predicted octanol–water partition coefficient (Wildman–Crippen LogP) is 1.56. The van der Waals surface area contributed by atoms with Crippen molar-refractivity contribution in [3.8, 4) is 0 Å². The van der Waals surface area contributed by atoms with Crippen molar-refractivity contribution in [3.63, 3.8) is 0 Å². The predicted molar refractivity (Wildman–Crippen MR) is 44.0 cm³/mol. The molecule has 0 aromatic heterocycles. The summed E-state index contributed by atoms with van der Waals surface area (Å²) >= 11 is 0. The maximum atomic E-state index is 8.07. The average molecular weight is 239 g/mol. The Morgan fingerprint density at radius 1 is 0.818 bits per heavy atom. The van der Waals surface area contributed by atoms with Crippen LogP contribution in [0.5, 0.6) is 0 Å². The van der Waals surface area contributed by atoms with Crippen molar-refractivity contribution >= 4 is 0 Å². The molecule has 0 aliphatic carbocycles. The van der Waals surface area contributed by atoms with Gasteiger partial charge in [0.15, 0.2) is 0 Å². The summed E-state index contributed by atoms with van der Waals surface area (Å²) in [6.07, 6.45) is 4.08. The molecule has 2 N–H and O–H groups in total. The quantitative estimate of drug-likeness (QED) is 0.781. The molecule has 0 heterocycles. The van der Waals surface area contributed by atoms with Crippen molar-refractivity contribution in [2.75, 3.05) is 13.2 Å². The molecular formula is C8H20O2Zr. The number of hydrogen-bond acceptors (Lipinski definition) is 2. The minimum Gasteiger partial charge on any atom is -0.396 e. The Bertz CT molecular complexity index is 33.1. The number of unbranched alkanes of at least 4 members (excludes halogenated alkanes) is 2. The van der Waals surface area contributed by atoms with Crippen LogP contribution < -0.4 is 0 Å². The second kappa shape index (κ2) is 22.4. The maximum Gasteiger partial charge on any atom is 0.0430 e. The third-order valence-corrected chi connectivity index (χ3v) is 1.02. The Hall–Kier alpha value is 0.803. The SMILES string of the molecule is CCCCO.CCCCO.[Zr]. The van der Waals surface area contributed by atoms with Gasteiger partial charge in [-0.3, -0.25) is 0 Å². The zero-order valence-corrected chi connectivity index (χ0v) is 10.1. The van der Waals surface area contributed by atoms with Crippen LogP contribution in [0.1, 0.15) is 39.5 Å². The van der Waals surface area contributed by atoms with Crippen LogP contribution in [0.25, 0.3) is 0 Å².